The van der Waals surface area contributed by atoms with Crippen LogP contribution in [0.25, 0.3) is 0 Å². The van der Waals surface area contributed by atoms with E-state index in [-0.39, 0.29) is 18.5 Å². The second-order valence-corrected chi connectivity index (χ2v) is 29.2. The maximum absolute atomic E-state index is 13.1. The molecule has 0 aromatic carbocycles. The Bertz CT molecular complexity index is 1740. The third kappa shape index (κ3) is 61.5. The van der Waals surface area contributed by atoms with Gasteiger partial charge in [-0.25, -0.2) is 0 Å². The van der Waals surface area contributed by atoms with Gasteiger partial charge in [0.05, 0.1) is 32.0 Å². The fourth-order valence-electron chi connectivity index (χ4n) is 13.3. The molecule has 1 aliphatic rings. The molecule has 0 bridgehead atoms. The Morgan fingerprint density at radius 1 is 0.385 bits per heavy atom. The topological polar surface area (TPSA) is 175 Å². The van der Waals surface area contributed by atoms with Crippen LogP contribution in [0.1, 0.15) is 418 Å². The molecule has 0 aliphatic carbocycles. The molecule has 0 aromatic heterocycles. The average Bonchev–Trinajstić information content (AvgIpc) is 0.974. The summed E-state index contributed by atoms with van der Waals surface area (Å²) in [6.45, 7) is 4.37. The number of esters is 1. The van der Waals surface area contributed by atoms with Crippen LogP contribution in [-0.2, 0) is 23.8 Å². The minimum Gasteiger partial charge on any atom is -0.466 e. The Morgan fingerprint density at radius 2 is 0.698 bits per heavy atom. The maximum atomic E-state index is 13.1. The first-order valence-corrected chi connectivity index (χ1v) is 41.9. The molecule has 11 heteroatoms. The van der Waals surface area contributed by atoms with Crippen molar-refractivity contribution in [3.8, 4) is 0 Å². The number of aliphatic hydroxyl groups excluding tert-OH is 5. The van der Waals surface area contributed by atoms with Gasteiger partial charge in [-0.3, -0.25) is 9.59 Å². The molecule has 6 N–H and O–H groups in total. The summed E-state index contributed by atoms with van der Waals surface area (Å²) in [6.07, 6.45) is 88.7. The van der Waals surface area contributed by atoms with E-state index in [1.807, 2.05) is 6.08 Å². The van der Waals surface area contributed by atoms with Crippen molar-refractivity contribution in [1.29, 1.82) is 0 Å². The summed E-state index contributed by atoms with van der Waals surface area (Å²) < 4.78 is 16.8. The first-order valence-electron chi connectivity index (χ1n) is 41.9. The minimum atomic E-state index is -1.57. The van der Waals surface area contributed by atoms with Crippen LogP contribution in [0.3, 0.4) is 0 Å². The highest BCUT2D eigenvalue weighted by Crippen LogP contribution is 2.24. The fourth-order valence-corrected chi connectivity index (χ4v) is 13.3. The summed E-state index contributed by atoms with van der Waals surface area (Å²) in [7, 11) is 0. The van der Waals surface area contributed by atoms with Gasteiger partial charge in [-0.15, -0.1) is 0 Å². The molecule has 11 nitrogen and oxygen atoms in total. The summed E-state index contributed by atoms with van der Waals surface area (Å²) in [6, 6.07) is -0.807. The van der Waals surface area contributed by atoms with Gasteiger partial charge in [0.1, 0.15) is 24.4 Å². The van der Waals surface area contributed by atoms with Crippen molar-refractivity contribution in [2.45, 2.75) is 461 Å². The number of allylic oxidation sites excluding steroid dienone is 7. The van der Waals surface area contributed by atoms with Crippen LogP contribution in [-0.4, -0.2) is 100 Å². The van der Waals surface area contributed by atoms with E-state index in [0.717, 1.165) is 64.2 Å². The Balaban J connectivity index is 1.88. The predicted octanol–water partition coefficient (Wildman–Crippen LogP) is 23.0. The van der Waals surface area contributed by atoms with Crippen LogP contribution in [0.4, 0.5) is 0 Å². The van der Waals surface area contributed by atoms with Crippen molar-refractivity contribution in [1.82, 2.24) is 5.32 Å². The molecule has 0 spiro atoms. The molecule has 7 atom stereocenters. The lowest BCUT2D eigenvalue weighted by Gasteiger charge is -2.40. The first kappa shape index (κ1) is 91.6. The molecule has 0 saturated carbocycles. The van der Waals surface area contributed by atoms with Crippen LogP contribution in [0, 0.1) is 0 Å². The van der Waals surface area contributed by atoms with Gasteiger partial charge in [0.15, 0.2) is 6.29 Å². The normalized spacial score (nSPS) is 17.5. The van der Waals surface area contributed by atoms with E-state index in [9.17, 15) is 35.1 Å². The smallest absolute Gasteiger partial charge is 0.305 e. The van der Waals surface area contributed by atoms with Gasteiger partial charge in [0.2, 0.25) is 5.91 Å². The third-order valence-electron chi connectivity index (χ3n) is 19.9. The lowest BCUT2D eigenvalue weighted by molar-refractivity contribution is -0.302. The van der Waals surface area contributed by atoms with Crippen molar-refractivity contribution in [2.75, 3.05) is 19.8 Å². The first-order chi connectivity index (χ1) is 47.2. The van der Waals surface area contributed by atoms with E-state index in [2.05, 4.69) is 55.6 Å². The molecule has 7 unspecified atom stereocenters. The number of rotatable bonds is 75. The van der Waals surface area contributed by atoms with Gasteiger partial charge in [-0.05, 0) is 89.9 Å². The van der Waals surface area contributed by atoms with Crippen LogP contribution >= 0.6 is 0 Å². The largest absolute Gasteiger partial charge is 0.466 e. The molecule has 1 rings (SSSR count). The van der Waals surface area contributed by atoms with Gasteiger partial charge in [0.25, 0.3) is 0 Å². The zero-order valence-electron chi connectivity index (χ0n) is 63.1. The molecule has 1 saturated heterocycles. The Morgan fingerprint density at radius 3 is 1.07 bits per heavy atom. The quantitative estimate of drug-likeness (QED) is 0.0195. The molecule has 0 aromatic rings. The molecule has 1 heterocycles. The number of carbonyl (C=O) groups excluding carboxylic acids is 2. The second kappa shape index (κ2) is 73.8. The van der Waals surface area contributed by atoms with Crippen LogP contribution in [0.2, 0.25) is 0 Å². The van der Waals surface area contributed by atoms with Gasteiger partial charge < -0.3 is 45.1 Å². The van der Waals surface area contributed by atoms with Crippen LogP contribution < -0.4 is 5.32 Å². The molecule has 96 heavy (non-hydrogen) atoms. The number of hydrogen-bond acceptors (Lipinski definition) is 10. The summed E-state index contributed by atoms with van der Waals surface area (Å²) in [5.41, 5.74) is 0. The molecule has 564 valence electrons. The second-order valence-electron chi connectivity index (χ2n) is 29.2. The van der Waals surface area contributed by atoms with Crippen LogP contribution in [0.5, 0.6) is 0 Å². The van der Waals surface area contributed by atoms with E-state index in [1.54, 1.807) is 6.08 Å². The number of carbonyl (C=O) groups is 2. The molecule has 1 amide bonds. The molecule has 1 aliphatic heterocycles. The van der Waals surface area contributed by atoms with E-state index in [4.69, 9.17) is 14.2 Å². The summed E-state index contributed by atoms with van der Waals surface area (Å²) in [5.74, 6) is -0.171. The Kier molecular flexibility index (Phi) is 70.5. The third-order valence-corrected chi connectivity index (χ3v) is 19.9. The number of hydrogen-bond donors (Lipinski definition) is 6. The molecular weight excluding hydrogens is 1190 g/mol. The summed E-state index contributed by atoms with van der Waals surface area (Å²) in [4.78, 5) is 25.2. The lowest BCUT2D eigenvalue weighted by atomic mass is 9.99. The number of amides is 1. The highest BCUT2D eigenvalue weighted by Gasteiger charge is 2.44. The lowest BCUT2D eigenvalue weighted by Crippen LogP contribution is -2.60. The SMILES string of the molecule is CCCCCC/C=C\C/C=C\CCCCCCCC(=O)OCCCCCCCCCCCCCCCCCCCC/C=C\CCCCCCCCCCCCCCCCCCCC(=O)NC(COC1OC(CO)C(O)C(O)C1O)C(O)/C=C/CCCCCCCCCCCCC. The number of unbranched alkanes of at least 4 members (excludes halogenated alkanes) is 55. The fraction of sp³-hybridized carbons (Fsp3) is 0.882. The average molecular weight is 1360 g/mol. The van der Waals surface area contributed by atoms with E-state index in [1.165, 1.54) is 327 Å². The minimum absolute atomic E-state index is 0.00371. The monoisotopic (exact) mass is 1350 g/mol. The van der Waals surface area contributed by atoms with Crippen LogP contribution in [0.15, 0.2) is 48.6 Å². The van der Waals surface area contributed by atoms with Gasteiger partial charge in [0, 0.05) is 12.8 Å². The predicted molar refractivity (Wildman–Crippen MR) is 407 cm³/mol. The molecule has 0 radical (unpaired) electrons. The molecular formula is C85H159NO10. The van der Waals surface area contributed by atoms with Crippen molar-refractivity contribution in [2.24, 2.45) is 0 Å². The van der Waals surface area contributed by atoms with Gasteiger partial charge >= 0.3 is 5.97 Å². The van der Waals surface area contributed by atoms with E-state index >= 15 is 0 Å². The van der Waals surface area contributed by atoms with Crippen molar-refractivity contribution < 1.29 is 49.3 Å². The van der Waals surface area contributed by atoms with Crippen molar-refractivity contribution in [3.63, 3.8) is 0 Å². The van der Waals surface area contributed by atoms with Gasteiger partial charge in [-0.1, -0.05) is 364 Å². The van der Waals surface area contributed by atoms with Crippen molar-refractivity contribution >= 4 is 11.9 Å². The summed E-state index contributed by atoms with van der Waals surface area (Å²) in [5, 5.41) is 54.6. The zero-order valence-corrected chi connectivity index (χ0v) is 63.1. The standard InChI is InChI=1S/C85H159NO10/c1-3-5-7-9-11-13-15-17-18-45-49-53-57-61-65-69-73-81(90)94-74-70-66-62-58-54-50-46-43-41-39-37-35-33-31-29-27-25-23-21-19-20-22-24-26-28-30-32-34-36-38-40-42-44-48-52-56-60-64-68-72-80(89)86-77(76-95-85-84(93)83(92)82(91)79(75-87)96-85)78(88)71-67-63-59-55-51-47-16-14-12-10-8-6-4-2/h13,15,18-20,45,67,71,77-79,82-85,87-88,91-93H,3-12,14,16-17,21-44,46-66,68-70,72-76H2,1-2H3,(H,86,89)/b15-13-,20-19-,45-18-,71-67+. The summed E-state index contributed by atoms with van der Waals surface area (Å²) >= 11 is 0. The van der Waals surface area contributed by atoms with E-state index < -0.39 is 49.5 Å². The highest BCUT2D eigenvalue weighted by molar-refractivity contribution is 5.76. The number of nitrogens with one attached hydrogen (secondary N) is 1. The van der Waals surface area contributed by atoms with E-state index in [0.29, 0.717) is 19.4 Å². The number of ether oxygens (including phenoxy) is 3. The Hall–Kier alpha value is -2.38. The number of aliphatic hydroxyl groups is 5. The van der Waals surface area contributed by atoms with Crippen molar-refractivity contribution in [3.05, 3.63) is 48.6 Å². The Labute approximate surface area is 593 Å². The molecule has 1 fully saturated rings. The maximum Gasteiger partial charge on any atom is 0.305 e. The van der Waals surface area contributed by atoms with Gasteiger partial charge in [-0.2, -0.15) is 0 Å². The zero-order chi connectivity index (χ0) is 69.4. The highest BCUT2D eigenvalue weighted by atomic mass is 16.7.